The topological polar surface area (TPSA) is 42.1 Å². The average molecular weight is 403 g/mol. The van der Waals surface area contributed by atoms with Crippen LogP contribution in [0.25, 0.3) is 0 Å². The summed E-state index contributed by atoms with van der Waals surface area (Å²) >= 11 is 7.20. The van der Waals surface area contributed by atoms with E-state index >= 15 is 0 Å². The molecule has 3 rings (SSSR count). The molecule has 1 aromatic rings. The van der Waals surface area contributed by atoms with E-state index in [2.05, 4.69) is 42.8 Å². The Balaban J connectivity index is 1.98. The van der Waals surface area contributed by atoms with Crippen LogP contribution in [-0.4, -0.2) is 29.0 Å². The maximum atomic E-state index is 6.08. The van der Waals surface area contributed by atoms with Crippen LogP contribution >= 0.6 is 31.9 Å². The van der Waals surface area contributed by atoms with Gasteiger partial charge in [-0.25, -0.2) is 0 Å². The summed E-state index contributed by atoms with van der Waals surface area (Å²) in [5, 5.41) is 0. The van der Waals surface area contributed by atoms with E-state index < -0.39 is 0 Å². The van der Waals surface area contributed by atoms with E-state index in [4.69, 9.17) is 10.7 Å². The molecular formula is C15H21Br2N3. The third-order valence-electron chi connectivity index (χ3n) is 4.48. The van der Waals surface area contributed by atoms with Crippen molar-refractivity contribution in [3.8, 4) is 0 Å². The van der Waals surface area contributed by atoms with Gasteiger partial charge in [0.2, 0.25) is 0 Å². The highest BCUT2D eigenvalue weighted by atomic mass is 79.9. The molecule has 0 bridgehead atoms. The first-order valence-electron chi connectivity index (χ1n) is 7.47. The Bertz CT molecular complexity index is 476. The van der Waals surface area contributed by atoms with E-state index in [1.54, 1.807) is 0 Å². The Labute approximate surface area is 137 Å². The van der Waals surface area contributed by atoms with Crippen LogP contribution in [0, 0.1) is 5.92 Å². The zero-order valence-electron chi connectivity index (χ0n) is 11.6. The Morgan fingerprint density at radius 2 is 2.05 bits per heavy atom. The highest BCUT2D eigenvalue weighted by molar-refractivity contribution is 9.11. The third-order valence-corrected chi connectivity index (χ3v) is 5.55. The van der Waals surface area contributed by atoms with Gasteiger partial charge in [-0.05, 0) is 82.6 Å². The molecule has 0 aromatic carbocycles. The van der Waals surface area contributed by atoms with Crippen LogP contribution in [0.4, 0.5) is 0 Å². The maximum Gasteiger partial charge on any atom is 0.0721 e. The van der Waals surface area contributed by atoms with Gasteiger partial charge in [0.05, 0.1) is 11.7 Å². The van der Waals surface area contributed by atoms with E-state index in [-0.39, 0.29) is 0 Å². The van der Waals surface area contributed by atoms with Crippen molar-refractivity contribution in [1.82, 2.24) is 9.88 Å². The van der Waals surface area contributed by atoms with Gasteiger partial charge >= 0.3 is 0 Å². The molecule has 2 aliphatic rings. The molecule has 0 amide bonds. The Kier molecular flexibility index (Phi) is 4.80. The lowest BCUT2D eigenvalue weighted by Gasteiger charge is -2.35. The van der Waals surface area contributed by atoms with Crippen LogP contribution in [0.3, 0.4) is 0 Å². The summed E-state index contributed by atoms with van der Waals surface area (Å²) < 4.78 is 2.12. The molecule has 5 heteroatoms. The lowest BCUT2D eigenvalue weighted by atomic mass is 9.92. The van der Waals surface area contributed by atoms with Crippen LogP contribution in [-0.2, 0) is 0 Å². The molecule has 0 spiro atoms. The van der Waals surface area contributed by atoms with Gasteiger partial charge in [-0.2, -0.15) is 0 Å². The monoisotopic (exact) mass is 401 g/mol. The molecule has 110 valence electrons. The van der Waals surface area contributed by atoms with Crippen molar-refractivity contribution in [3.63, 3.8) is 0 Å². The smallest absolute Gasteiger partial charge is 0.0721 e. The molecule has 1 saturated carbocycles. The first-order valence-corrected chi connectivity index (χ1v) is 9.06. The van der Waals surface area contributed by atoms with Gasteiger partial charge < -0.3 is 5.73 Å². The molecule has 1 aromatic heterocycles. The fourth-order valence-electron chi connectivity index (χ4n) is 3.35. The van der Waals surface area contributed by atoms with Crippen molar-refractivity contribution in [1.29, 1.82) is 0 Å². The average Bonchev–Trinajstić information content (AvgIpc) is 3.24. The van der Waals surface area contributed by atoms with Gasteiger partial charge in [0, 0.05) is 21.2 Å². The SMILES string of the molecule is NCC1CCCCN(C2CC2)C1c1ncc(Br)cc1Br. The zero-order chi connectivity index (χ0) is 14.1. The summed E-state index contributed by atoms with van der Waals surface area (Å²) in [5.41, 5.74) is 7.25. The summed E-state index contributed by atoms with van der Waals surface area (Å²) in [7, 11) is 0. The number of hydrogen-bond acceptors (Lipinski definition) is 3. The molecule has 1 saturated heterocycles. The van der Waals surface area contributed by atoms with Gasteiger partial charge in [0.15, 0.2) is 0 Å². The molecule has 2 N–H and O–H groups in total. The van der Waals surface area contributed by atoms with Crippen LogP contribution < -0.4 is 5.73 Å². The van der Waals surface area contributed by atoms with Crippen molar-refractivity contribution >= 4 is 31.9 Å². The molecule has 2 heterocycles. The minimum atomic E-state index is 0.373. The van der Waals surface area contributed by atoms with Crippen molar-refractivity contribution in [2.75, 3.05) is 13.1 Å². The standard InChI is InChI=1S/C15H21Br2N3/c16-11-7-13(17)14(19-9-11)15-10(8-18)3-1-2-6-20(15)12-4-5-12/h7,9-10,12,15H,1-6,8,18H2. The Hall–Kier alpha value is 0.0300. The number of aromatic nitrogens is 1. The summed E-state index contributed by atoms with van der Waals surface area (Å²) in [6.07, 6.45) is 8.37. The number of hydrogen-bond donors (Lipinski definition) is 1. The summed E-state index contributed by atoms with van der Waals surface area (Å²) in [5.74, 6) is 0.517. The fourth-order valence-corrected chi connectivity index (χ4v) is 4.58. The predicted octanol–water partition coefficient (Wildman–Crippen LogP) is 3.87. The molecule has 2 atom stereocenters. The molecule has 1 aliphatic heterocycles. The van der Waals surface area contributed by atoms with Crippen molar-refractivity contribution in [3.05, 3.63) is 26.9 Å². The van der Waals surface area contributed by atoms with Crippen LogP contribution in [0.1, 0.15) is 43.8 Å². The van der Waals surface area contributed by atoms with E-state index in [0.29, 0.717) is 12.0 Å². The lowest BCUT2D eigenvalue weighted by Crippen LogP contribution is -2.37. The summed E-state index contributed by atoms with van der Waals surface area (Å²) in [6, 6.07) is 3.23. The van der Waals surface area contributed by atoms with Crippen LogP contribution in [0.2, 0.25) is 0 Å². The number of likely N-dealkylation sites (tertiary alicyclic amines) is 1. The number of halogens is 2. The highest BCUT2D eigenvalue weighted by Crippen LogP contribution is 2.43. The van der Waals surface area contributed by atoms with E-state index in [9.17, 15) is 0 Å². The third kappa shape index (κ3) is 3.11. The van der Waals surface area contributed by atoms with Crippen LogP contribution in [0.15, 0.2) is 21.2 Å². The molecule has 2 unspecified atom stereocenters. The summed E-state index contributed by atoms with van der Waals surface area (Å²) in [4.78, 5) is 7.38. The van der Waals surface area contributed by atoms with E-state index in [0.717, 1.165) is 27.2 Å². The normalized spacial score (nSPS) is 28.4. The number of nitrogens with two attached hydrogens (primary N) is 1. The van der Waals surface area contributed by atoms with E-state index in [1.807, 2.05) is 6.20 Å². The van der Waals surface area contributed by atoms with Gasteiger partial charge in [-0.15, -0.1) is 0 Å². The lowest BCUT2D eigenvalue weighted by molar-refractivity contribution is 0.145. The number of pyridine rings is 1. The highest BCUT2D eigenvalue weighted by Gasteiger charge is 2.40. The minimum Gasteiger partial charge on any atom is -0.330 e. The molecular weight excluding hydrogens is 382 g/mol. The molecule has 1 aliphatic carbocycles. The van der Waals surface area contributed by atoms with Crippen LogP contribution in [0.5, 0.6) is 0 Å². The predicted molar refractivity (Wildman–Crippen MR) is 88.5 cm³/mol. The van der Waals surface area contributed by atoms with Crippen molar-refractivity contribution in [2.45, 2.75) is 44.2 Å². The fraction of sp³-hybridized carbons (Fsp3) is 0.667. The molecule has 2 fully saturated rings. The second-order valence-electron chi connectivity index (χ2n) is 5.93. The Morgan fingerprint density at radius 1 is 1.25 bits per heavy atom. The second kappa shape index (κ2) is 6.42. The number of nitrogens with zero attached hydrogens (tertiary/aromatic N) is 2. The van der Waals surface area contributed by atoms with Gasteiger partial charge in [-0.1, -0.05) is 6.42 Å². The van der Waals surface area contributed by atoms with Crippen molar-refractivity contribution < 1.29 is 0 Å². The van der Waals surface area contributed by atoms with Gasteiger partial charge in [-0.3, -0.25) is 9.88 Å². The first kappa shape index (κ1) is 14.9. The second-order valence-corrected chi connectivity index (χ2v) is 7.70. The minimum absolute atomic E-state index is 0.373. The van der Waals surface area contributed by atoms with E-state index in [1.165, 1.54) is 38.6 Å². The quantitative estimate of drug-likeness (QED) is 0.834. The van der Waals surface area contributed by atoms with Gasteiger partial charge in [0.25, 0.3) is 0 Å². The maximum absolute atomic E-state index is 6.08. The molecule has 0 radical (unpaired) electrons. The molecule has 3 nitrogen and oxygen atoms in total. The zero-order valence-corrected chi connectivity index (χ0v) is 14.7. The van der Waals surface area contributed by atoms with Gasteiger partial charge in [0.1, 0.15) is 0 Å². The van der Waals surface area contributed by atoms with Crippen molar-refractivity contribution in [2.24, 2.45) is 11.7 Å². The Morgan fingerprint density at radius 3 is 2.70 bits per heavy atom. The molecule has 20 heavy (non-hydrogen) atoms. The first-order chi connectivity index (χ1) is 9.70. The largest absolute Gasteiger partial charge is 0.330 e. The number of rotatable bonds is 3. The summed E-state index contributed by atoms with van der Waals surface area (Å²) in [6.45, 7) is 1.94.